The van der Waals surface area contributed by atoms with Crippen LogP contribution in [0.3, 0.4) is 0 Å². The van der Waals surface area contributed by atoms with Crippen LogP contribution in [0, 0.1) is 20.8 Å². The Labute approximate surface area is 184 Å². The van der Waals surface area contributed by atoms with Gasteiger partial charge in [-0.2, -0.15) is 0 Å². The highest BCUT2D eigenvalue weighted by atomic mass is 16.5. The van der Waals surface area contributed by atoms with E-state index < -0.39 is 0 Å². The van der Waals surface area contributed by atoms with Gasteiger partial charge in [0, 0.05) is 11.1 Å². The predicted octanol–water partition coefficient (Wildman–Crippen LogP) is 8.03. The summed E-state index contributed by atoms with van der Waals surface area (Å²) in [6.45, 7) is 13.2. The van der Waals surface area contributed by atoms with E-state index in [0.717, 1.165) is 22.8 Å². The van der Waals surface area contributed by atoms with Crippen LogP contribution in [-0.2, 0) is 5.41 Å². The van der Waals surface area contributed by atoms with Gasteiger partial charge in [-0.25, -0.2) is 4.98 Å². The molecule has 5 rings (SSSR count). The Kier molecular flexibility index (Phi) is 4.33. The minimum Gasteiger partial charge on any atom is -0.435 e. The lowest BCUT2D eigenvalue weighted by Crippen LogP contribution is -2.20. The van der Waals surface area contributed by atoms with Crippen LogP contribution in [-0.4, -0.2) is 4.98 Å². The first-order valence-electron chi connectivity index (χ1n) is 10.8. The van der Waals surface area contributed by atoms with Crippen molar-refractivity contribution in [3.05, 3.63) is 83.0 Å². The summed E-state index contributed by atoms with van der Waals surface area (Å²) >= 11 is 0. The van der Waals surface area contributed by atoms with Crippen molar-refractivity contribution in [1.82, 2.24) is 4.98 Å². The van der Waals surface area contributed by atoms with E-state index in [1.54, 1.807) is 0 Å². The van der Waals surface area contributed by atoms with Crippen LogP contribution in [0.2, 0.25) is 0 Å². The Bertz CT molecular complexity index is 1310. The van der Waals surface area contributed by atoms with Crippen molar-refractivity contribution in [2.45, 2.75) is 47.0 Å². The smallest absolute Gasteiger partial charge is 0.244 e. The van der Waals surface area contributed by atoms with E-state index in [9.17, 15) is 0 Å². The molecule has 0 aliphatic carbocycles. The van der Waals surface area contributed by atoms with E-state index >= 15 is 0 Å². The summed E-state index contributed by atoms with van der Waals surface area (Å²) in [6, 6.07) is 21.5. The van der Waals surface area contributed by atoms with Gasteiger partial charge >= 0.3 is 0 Å². The third-order valence-electron chi connectivity index (χ3n) is 6.09. The van der Waals surface area contributed by atoms with Crippen molar-refractivity contribution in [2.75, 3.05) is 4.90 Å². The molecule has 0 radical (unpaired) electrons. The fraction of sp³-hybridized carbons (Fsp3) is 0.250. The molecule has 0 bridgehead atoms. The number of anilines is 3. The fourth-order valence-corrected chi connectivity index (χ4v) is 4.52. The number of aryl methyl sites for hydroxylation is 3. The Morgan fingerprint density at radius 3 is 2.23 bits per heavy atom. The minimum atomic E-state index is 0.0975. The van der Waals surface area contributed by atoms with Gasteiger partial charge in [-0.05, 0) is 66.5 Å². The lowest BCUT2D eigenvalue weighted by Gasteiger charge is -2.35. The number of pyridine rings is 1. The molecule has 156 valence electrons. The van der Waals surface area contributed by atoms with Crippen molar-refractivity contribution in [3.8, 4) is 11.6 Å². The first-order chi connectivity index (χ1) is 14.7. The molecule has 1 aromatic heterocycles. The molecule has 0 unspecified atom stereocenters. The van der Waals surface area contributed by atoms with Crippen LogP contribution in [0.4, 0.5) is 17.1 Å². The summed E-state index contributed by atoms with van der Waals surface area (Å²) in [4.78, 5) is 7.07. The van der Waals surface area contributed by atoms with Gasteiger partial charge in [-0.3, -0.25) is 0 Å². The normalized spacial score (nSPS) is 13.0. The highest BCUT2D eigenvalue weighted by molar-refractivity contribution is 6.04. The van der Waals surface area contributed by atoms with Crippen molar-refractivity contribution in [3.63, 3.8) is 0 Å². The molecule has 2 heterocycles. The number of ether oxygens (including phenoxy) is 1. The molecule has 0 amide bonds. The molecular weight excluding hydrogens is 380 g/mol. The molecule has 0 fully saturated rings. The third-order valence-corrected chi connectivity index (χ3v) is 6.09. The Balaban J connectivity index is 1.85. The zero-order chi connectivity index (χ0) is 21.9. The lowest BCUT2D eigenvalue weighted by atomic mass is 9.84. The number of aromatic nitrogens is 1. The molecule has 3 aromatic carbocycles. The van der Waals surface area contributed by atoms with E-state index in [2.05, 4.69) is 100 Å². The third kappa shape index (κ3) is 3.16. The van der Waals surface area contributed by atoms with Gasteiger partial charge in [-0.1, -0.05) is 63.2 Å². The first kappa shape index (κ1) is 19.6. The maximum atomic E-state index is 6.32. The fourth-order valence-electron chi connectivity index (χ4n) is 4.52. The summed E-state index contributed by atoms with van der Waals surface area (Å²) < 4.78 is 6.32. The number of rotatable bonds is 1. The van der Waals surface area contributed by atoms with Crippen molar-refractivity contribution >= 4 is 27.8 Å². The van der Waals surface area contributed by atoms with Crippen molar-refractivity contribution in [2.24, 2.45) is 0 Å². The molecule has 3 nitrogen and oxygen atoms in total. The predicted molar refractivity (Wildman–Crippen MR) is 129 cm³/mol. The SMILES string of the molecule is Cc1ccc2c(n1)Oc1ccc3ccccc3c1N2c1c(C)cc(C(C)(C)C)cc1C. The topological polar surface area (TPSA) is 25.4 Å². The molecule has 1 aliphatic heterocycles. The molecule has 1 aliphatic rings. The maximum absolute atomic E-state index is 6.32. The van der Waals surface area contributed by atoms with Crippen LogP contribution in [0.1, 0.15) is 43.2 Å². The molecule has 0 spiro atoms. The zero-order valence-electron chi connectivity index (χ0n) is 19.1. The summed E-state index contributed by atoms with van der Waals surface area (Å²) in [5.74, 6) is 1.49. The molecule has 31 heavy (non-hydrogen) atoms. The minimum absolute atomic E-state index is 0.0975. The average molecular weight is 409 g/mol. The highest BCUT2D eigenvalue weighted by Gasteiger charge is 2.31. The van der Waals surface area contributed by atoms with Gasteiger partial charge in [0.1, 0.15) is 5.69 Å². The number of fused-ring (bicyclic) bond motifs is 4. The van der Waals surface area contributed by atoms with Gasteiger partial charge in [-0.15, -0.1) is 0 Å². The number of benzene rings is 3. The molecule has 0 N–H and O–H groups in total. The summed E-state index contributed by atoms with van der Waals surface area (Å²) in [7, 11) is 0. The summed E-state index contributed by atoms with van der Waals surface area (Å²) in [6.07, 6.45) is 0. The molecule has 0 saturated carbocycles. The van der Waals surface area contributed by atoms with Gasteiger partial charge in [0.15, 0.2) is 5.75 Å². The lowest BCUT2D eigenvalue weighted by molar-refractivity contribution is 0.457. The monoisotopic (exact) mass is 408 g/mol. The average Bonchev–Trinajstić information content (AvgIpc) is 2.71. The highest BCUT2D eigenvalue weighted by Crippen LogP contribution is 2.53. The summed E-state index contributed by atoms with van der Waals surface area (Å²) in [5, 5.41) is 2.37. The van der Waals surface area contributed by atoms with E-state index in [-0.39, 0.29) is 5.41 Å². The van der Waals surface area contributed by atoms with Gasteiger partial charge < -0.3 is 9.64 Å². The van der Waals surface area contributed by atoms with E-state index in [4.69, 9.17) is 9.72 Å². The van der Waals surface area contributed by atoms with Crippen LogP contribution >= 0.6 is 0 Å². The van der Waals surface area contributed by atoms with E-state index in [0.29, 0.717) is 5.88 Å². The molecule has 0 saturated heterocycles. The molecule has 0 atom stereocenters. The molecular formula is C28H28N2O. The molecule has 4 aromatic rings. The Morgan fingerprint density at radius 2 is 1.52 bits per heavy atom. The number of nitrogens with zero attached hydrogens (tertiary/aromatic N) is 2. The van der Waals surface area contributed by atoms with Crippen LogP contribution < -0.4 is 9.64 Å². The van der Waals surface area contributed by atoms with Crippen LogP contribution in [0.25, 0.3) is 10.8 Å². The van der Waals surface area contributed by atoms with Gasteiger partial charge in [0.25, 0.3) is 0 Å². The standard InChI is InChI=1S/C28H28N2O/c1-17-15-21(28(4,5)6)16-18(2)25(17)30-23-13-11-19(3)29-27(23)31-24-14-12-20-9-7-8-10-22(20)26(24)30/h7-16H,1-6H3. The second kappa shape index (κ2) is 6.84. The van der Waals surface area contributed by atoms with Gasteiger partial charge in [0.05, 0.1) is 11.4 Å². The van der Waals surface area contributed by atoms with Gasteiger partial charge in [0.2, 0.25) is 5.88 Å². The molecule has 3 heteroatoms. The number of hydrogen-bond acceptors (Lipinski definition) is 3. The largest absolute Gasteiger partial charge is 0.435 e. The summed E-state index contributed by atoms with van der Waals surface area (Å²) in [5.41, 5.74) is 8.13. The maximum Gasteiger partial charge on any atom is 0.244 e. The number of hydrogen-bond donors (Lipinski definition) is 0. The van der Waals surface area contributed by atoms with Crippen LogP contribution in [0.15, 0.2) is 60.7 Å². The first-order valence-corrected chi connectivity index (χ1v) is 10.8. The Hall–Kier alpha value is -3.33. The van der Waals surface area contributed by atoms with E-state index in [1.807, 2.05) is 6.92 Å². The van der Waals surface area contributed by atoms with Crippen molar-refractivity contribution in [1.29, 1.82) is 0 Å². The van der Waals surface area contributed by atoms with Crippen LogP contribution in [0.5, 0.6) is 11.6 Å². The second-order valence-electron chi connectivity index (χ2n) is 9.56. The Morgan fingerprint density at radius 1 is 0.806 bits per heavy atom. The zero-order valence-corrected chi connectivity index (χ0v) is 19.1. The second-order valence-corrected chi connectivity index (χ2v) is 9.56. The van der Waals surface area contributed by atoms with E-state index in [1.165, 1.54) is 33.2 Å². The quantitative estimate of drug-likeness (QED) is 0.281. The van der Waals surface area contributed by atoms with Crippen molar-refractivity contribution < 1.29 is 4.74 Å².